The van der Waals surface area contributed by atoms with Gasteiger partial charge in [0.2, 0.25) is 0 Å². The number of nitrogens with zero attached hydrogens (tertiary/aromatic N) is 1. The molecule has 2 aliphatic rings. The molecule has 1 heterocycles. The first-order valence-electron chi connectivity index (χ1n) is 11.7. The van der Waals surface area contributed by atoms with Crippen molar-refractivity contribution >= 4 is 23.3 Å². The lowest BCUT2D eigenvalue weighted by Crippen LogP contribution is -2.39. The molecule has 1 aliphatic carbocycles. The van der Waals surface area contributed by atoms with Gasteiger partial charge in [-0.3, -0.25) is 0 Å². The molecule has 0 aromatic heterocycles. The Balaban J connectivity index is 1.77. The summed E-state index contributed by atoms with van der Waals surface area (Å²) in [4.78, 5) is 14.7. The van der Waals surface area contributed by atoms with E-state index in [0.717, 1.165) is 55.1 Å². The van der Waals surface area contributed by atoms with E-state index < -0.39 is 0 Å². The van der Waals surface area contributed by atoms with Crippen LogP contribution in [0.1, 0.15) is 47.2 Å². The molecular formula is C28H32ClNO3. The smallest absolute Gasteiger partial charge is 0.337 e. The first-order valence-corrected chi connectivity index (χ1v) is 12.0. The fourth-order valence-corrected chi connectivity index (χ4v) is 5.14. The number of halogens is 1. The Morgan fingerprint density at radius 3 is 2.85 bits per heavy atom. The van der Waals surface area contributed by atoms with E-state index in [9.17, 15) is 4.79 Å². The van der Waals surface area contributed by atoms with Gasteiger partial charge in [-0.25, -0.2) is 4.79 Å². The second-order valence-corrected chi connectivity index (χ2v) is 9.46. The number of aryl methyl sites for hydroxylation is 1. The van der Waals surface area contributed by atoms with E-state index in [4.69, 9.17) is 21.1 Å². The highest BCUT2D eigenvalue weighted by molar-refractivity contribution is 6.30. The minimum absolute atomic E-state index is 0.350. The average Bonchev–Trinajstić information content (AvgIpc) is 2.84. The van der Waals surface area contributed by atoms with Crippen LogP contribution in [0.3, 0.4) is 0 Å². The van der Waals surface area contributed by atoms with E-state index in [0.29, 0.717) is 30.6 Å². The Morgan fingerprint density at radius 2 is 2.09 bits per heavy atom. The zero-order valence-electron chi connectivity index (χ0n) is 19.3. The molecule has 2 aromatic rings. The number of anilines is 1. The zero-order chi connectivity index (χ0) is 23.4. The number of rotatable bonds is 5. The minimum Gasteiger partial charge on any atom is -0.491 e. The molecule has 174 valence electrons. The van der Waals surface area contributed by atoms with Crippen LogP contribution in [-0.2, 0) is 17.7 Å². The van der Waals surface area contributed by atoms with Crippen LogP contribution in [0.5, 0.6) is 5.75 Å². The van der Waals surface area contributed by atoms with Gasteiger partial charge in [-0.2, -0.15) is 0 Å². The summed E-state index contributed by atoms with van der Waals surface area (Å²) >= 11 is 6.34. The van der Waals surface area contributed by atoms with Crippen molar-refractivity contribution in [1.82, 2.24) is 0 Å². The minimum atomic E-state index is -0.350. The zero-order valence-corrected chi connectivity index (χ0v) is 20.1. The topological polar surface area (TPSA) is 38.8 Å². The number of esters is 1. The summed E-state index contributed by atoms with van der Waals surface area (Å²) in [6, 6.07) is 11.7. The second-order valence-electron chi connectivity index (χ2n) is 9.03. The Bertz CT molecular complexity index is 1050. The predicted octanol–water partition coefficient (Wildman–Crippen LogP) is 6.62. The number of methoxy groups -OCH3 is 1. The van der Waals surface area contributed by atoms with E-state index in [-0.39, 0.29) is 5.97 Å². The van der Waals surface area contributed by atoms with Crippen LogP contribution in [0.25, 0.3) is 0 Å². The number of hydrogen-bond acceptors (Lipinski definition) is 4. The lowest BCUT2D eigenvalue weighted by atomic mass is 9.68. The first-order chi connectivity index (χ1) is 16.0. The van der Waals surface area contributed by atoms with Gasteiger partial charge in [-0.05, 0) is 79.5 Å². The number of benzene rings is 2. The summed E-state index contributed by atoms with van der Waals surface area (Å²) in [5, 5.41) is 0.762. The van der Waals surface area contributed by atoms with Gasteiger partial charge in [-0.1, -0.05) is 35.9 Å². The van der Waals surface area contributed by atoms with E-state index in [1.807, 2.05) is 24.3 Å². The molecule has 33 heavy (non-hydrogen) atoms. The molecule has 2 atom stereocenters. The van der Waals surface area contributed by atoms with E-state index in [1.165, 1.54) is 23.8 Å². The van der Waals surface area contributed by atoms with Crippen molar-refractivity contribution in [3.63, 3.8) is 0 Å². The van der Waals surface area contributed by atoms with Crippen LogP contribution in [0.15, 0.2) is 61.2 Å². The molecule has 0 saturated heterocycles. The largest absolute Gasteiger partial charge is 0.491 e. The number of hydrogen-bond donors (Lipinski definition) is 0. The molecule has 0 amide bonds. The number of carbonyl (C=O) groups excluding carboxylic acids is 1. The standard InChI is InChI=1S/C28H32ClNO3/c1-4-7-21-14-19(2)25(21)18-30-17-23-9-11-24(29)15-20(23)8-5-6-13-33-27-12-10-22(16-26(27)30)28(31)32-3/h4,9-12,15-16,21,25H,1-2,5-8,13-14,17-18H2,3H3/t21-,25-/m1/s1. The fraction of sp³-hybridized carbons (Fsp3) is 0.393. The van der Waals surface area contributed by atoms with Crippen molar-refractivity contribution in [3.05, 3.63) is 82.9 Å². The van der Waals surface area contributed by atoms with E-state index in [1.54, 1.807) is 6.07 Å². The van der Waals surface area contributed by atoms with Gasteiger partial charge in [0.25, 0.3) is 0 Å². The monoisotopic (exact) mass is 465 g/mol. The number of ether oxygens (including phenoxy) is 2. The van der Waals surface area contributed by atoms with Crippen molar-refractivity contribution in [3.8, 4) is 5.75 Å². The third-order valence-electron chi connectivity index (χ3n) is 6.85. The van der Waals surface area contributed by atoms with Crippen LogP contribution in [0.2, 0.25) is 5.02 Å². The Hall–Kier alpha value is -2.72. The predicted molar refractivity (Wildman–Crippen MR) is 134 cm³/mol. The number of fused-ring (bicyclic) bond motifs is 2. The summed E-state index contributed by atoms with van der Waals surface area (Å²) in [5.74, 6) is 1.37. The SMILES string of the molecule is C=CC[C@@H]1CC(=C)[C@H]1CN1Cc2ccc(Cl)cc2CCCCOc2ccc(C(=O)OC)cc21. The molecule has 2 aromatic carbocycles. The van der Waals surface area contributed by atoms with Gasteiger partial charge >= 0.3 is 5.97 Å². The molecule has 0 radical (unpaired) electrons. The van der Waals surface area contributed by atoms with Crippen molar-refractivity contribution in [2.75, 3.05) is 25.2 Å². The lowest BCUT2D eigenvalue weighted by molar-refractivity contribution is 0.0600. The summed E-state index contributed by atoms with van der Waals surface area (Å²) in [6.45, 7) is 10.4. The van der Waals surface area contributed by atoms with Crippen molar-refractivity contribution in [2.45, 2.75) is 38.6 Å². The number of carbonyl (C=O) groups is 1. The molecule has 0 spiro atoms. The molecule has 1 saturated carbocycles. The maximum atomic E-state index is 12.3. The molecule has 1 aliphatic heterocycles. The second kappa shape index (κ2) is 10.5. The van der Waals surface area contributed by atoms with Gasteiger partial charge in [0.05, 0.1) is 25.0 Å². The highest BCUT2D eigenvalue weighted by Crippen LogP contribution is 2.43. The Morgan fingerprint density at radius 1 is 1.24 bits per heavy atom. The van der Waals surface area contributed by atoms with Crippen LogP contribution >= 0.6 is 11.6 Å². The summed E-state index contributed by atoms with van der Waals surface area (Å²) < 4.78 is 11.2. The van der Waals surface area contributed by atoms with Crippen molar-refractivity contribution < 1.29 is 14.3 Å². The van der Waals surface area contributed by atoms with Crippen LogP contribution in [0, 0.1) is 11.8 Å². The highest BCUT2D eigenvalue weighted by atomic mass is 35.5. The molecule has 4 rings (SSSR count). The molecule has 1 fully saturated rings. The van der Waals surface area contributed by atoms with Crippen molar-refractivity contribution in [2.24, 2.45) is 11.8 Å². The summed E-state index contributed by atoms with van der Waals surface area (Å²) in [6.07, 6.45) is 6.97. The van der Waals surface area contributed by atoms with E-state index >= 15 is 0 Å². The summed E-state index contributed by atoms with van der Waals surface area (Å²) in [5.41, 5.74) is 5.24. The Labute approximate surface area is 201 Å². The van der Waals surface area contributed by atoms with Gasteiger partial charge in [0, 0.05) is 24.0 Å². The van der Waals surface area contributed by atoms with Crippen LogP contribution in [-0.4, -0.2) is 26.2 Å². The molecule has 0 bridgehead atoms. The van der Waals surface area contributed by atoms with Crippen LogP contribution in [0.4, 0.5) is 5.69 Å². The third-order valence-corrected chi connectivity index (χ3v) is 7.09. The summed E-state index contributed by atoms with van der Waals surface area (Å²) in [7, 11) is 1.41. The molecule has 5 heteroatoms. The molecular weight excluding hydrogens is 434 g/mol. The average molecular weight is 466 g/mol. The Kier molecular flexibility index (Phi) is 7.44. The van der Waals surface area contributed by atoms with Gasteiger partial charge in [-0.15, -0.1) is 6.58 Å². The van der Waals surface area contributed by atoms with Gasteiger partial charge in [0.1, 0.15) is 5.75 Å². The fourth-order valence-electron chi connectivity index (χ4n) is 4.95. The number of allylic oxidation sites excluding steroid dienone is 1. The van der Waals surface area contributed by atoms with Gasteiger partial charge in [0.15, 0.2) is 0 Å². The molecule has 4 nitrogen and oxygen atoms in total. The quantitative estimate of drug-likeness (QED) is 0.367. The maximum absolute atomic E-state index is 12.3. The highest BCUT2D eigenvalue weighted by Gasteiger charge is 2.35. The molecule has 0 unspecified atom stereocenters. The van der Waals surface area contributed by atoms with E-state index in [2.05, 4.69) is 30.2 Å². The lowest BCUT2D eigenvalue weighted by Gasteiger charge is -2.43. The van der Waals surface area contributed by atoms with Gasteiger partial charge < -0.3 is 14.4 Å². The maximum Gasteiger partial charge on any atom is 0.337 e. The van der Waals surface area contributed by atoms with Crippen molar-refractivity contribution in [1.29, 1.82) is 0 Å². The first kappa shape index (κ1) is 23.4. The third kappa shape index (κ3) is 5.27. The normalized spacial score (nSPS) is 20.4. The van der Waals surface area contributed by atoms with Crippen LogP contribution < -0.4 is 9.64 Å². The molecule has 0 N–H and O–H groups in total.